The lowest BCUT2D eigenvalue weighted by Gasteiger charge is -2.34. The highest BCUT2D eigenvalue weighted by atomic mass is 19.1. The number of rotatable bonds is 3. The average molecular weight is 251 g/mol. The van der Waals surface area contributed by atoms with E-state index in [2.05, 4.69) is 17.1 Å². The third-order valence-electron chi connectivity index (χ3n) is 3.63. The van der Waals surface area contributed by atoms with Crippen LogP contribution < -0.4 is 10.2 Å². The summed E-state index contributed by atoms with van der Waals surface area (Å²) in [5.41, 5.74) is 1.78. The molecule has 1 heterocycles. The standard InChI is InChI=1S/C14H22FN3/c1-11(18-9-7-16-8-10-18)14-12(15)5-4-6-13(14)17(2)3/h4-6,11,16H,7-10H2,1-3H3. The van der Waals surface area contributed by atoms with Gasteiger partial charge in [-0.15, -0.1) is 0 Å². The molecule has 0 radical (unpaired) electrons. The summed E-state index contributed by atoms with van der Waals surface area (Å²) in [4.78, 5) is 4.32. The summed E-state index contributed by atoms with van der Waals surface area (Å²) in [5, 5.41) is 3.33. The highest BCUT2D eigenvalue weighted by Gasteiger charge is 2.23. The number of nitrogens with one attached hydrogen (secondary N) is 1. The quantitative estimate of drug-likeness (QED) is 0.884. The number of halogens is 1. The van der Waals surface area contributed by atoms with Crippen LogP contribution in [0, 0.1) is 5.82 Å². The fraction of sp³-hybridized carbons (Fsp3) is 0.571. The van der Waals surface area contributed by atoms with Crippen molar-refractivity contribution >= 4 is 5.69 Å². The van der Waals surface area contributed by atoms with Crippen molar-refractivity contribution in [1.29, 1.82) is 0 Å². The maximum Gasteiger partial charge on any atom is 0.130 e. The third-order valence-corrected chi connectivity index (χ3v) is 3.63. The van der Waals surface area contributed by atoms with Gasteiger partial charge < -0.3 is 10.2 Å². The lowest BCUT2D eigenvalue weighted by molar-refractivity contribution is 0.182. The third kappa shape index (κ3) is 2.65. The largest absolute Gasteiger partial charge is 0.377 e. The minimum absolute atomic E-state index is 0.104. The molecule has 0 spiro atoms. The van der Waals surface area contributed by atoms with Gasteiger partial charge in [0, 0.05) is 57.6 Å². The Morgan fingerprint density at radius 3 is 2.56 bits per heavy atom. The predicted molar refractivity (Wildman–Crippen MR) is 73.6 cm³/mol. The molecule has 0 aromatic heterocycles. The van der Waals surface area contributed by atoms with Crippen LogP contribution in [0.1, 0.15) is 18.5 Å². The zero-order chi connectivity index (χ0) is 13.1. The summed E-state index contributed by atoms with van der Waals surface area (Å²) in [6.45, 7) is 6.01. The molecule has 4 heteroatoms. The van der Waals surface area contributed by atoms with E-state index < -0.39 is 0 Å². The molecule has 1 atom stereocenters. The number of benzene rings is 1. The van der Waals surface area contributed by atoms with Gasteiger partial charge in [0.05, 0.1) is 0 Å². The molecular weight excluding hydrogens is 229 g/mol. The maximum atomic E-state index is 14.1. The molecule has 2 rings (SSSR count). The zero-order valence-electron chi connectivity index (χ0n) is 11.4. The van der Waals surface area contributed by atoms with Crippen molar-refractivity contribution in [3.8, 4) is 0 Å². The van der Waals surface area contributed by atoms with Crippen molar-refractivity contribution in [2.45, 2.75) is 13.0 Å². The Bertz CT molecular complexity index is 400. The second-order valence-electron chi connectivity index (χ2n) is 5.03. The van der Waals surface area contributed by atoms with Crippen molar-refractivity contribution in [3.05, 3.63) is 29.6 Å². The number of piperazine rings is 1. The van der Waals surface area contributed by atoms with Crippen molar-refractivity contribution in [1.82, 2.24) is 10.2 Å². The molecule has 0 aliphatic carbocycles. The summed E-state index contributed by atoms with van der Waals surface area (Å²) in [7, 11) is 3.92. The summed E-state index contributed by atoms with van der Waals surface area (Å²) in [6.07, 6.45) is 0. The van der Waals surface area contributed by atoms with Crippen LogP contribution >= 0.6 is 0 Å². The second kappa shape index (κ2) is 5.67. The SMILES string of the molecule is CC(c1c(F)cccc1N(C)C)N1CCNCC1. The van der Waals surface area contributed by atoms with Crippen LogP contribution in [0.2, 0.25) is 0 Å². The molecule has 3 nitrogen and oxygen atoms in total. The lowest BCUT2D eigenvalue weighted by Crippen LogP contribution is -2.44. The van der Waals surface area contributed by atoms with Gasteiger partial charge in [-0.3, -0.25) is 4.90 Å². The highest BCUT2D eigenvalue weighted by molar-refractivity contribution is 5.54. The number of anilines is 1. The van der Waals surface area contributed by atoms with Crippen LogP contribution in [0.5, 0.6) is 0 Å². The van der Waals surface area contributed by atoms with E-state index in [0.29, 0.717) is 0 Å². The van der Waals surface area contributed by atoms with E-state index in [-0.39, 0.29) is 11.9 Å². The molecule has 1 unspecified atom stereocenters. The monoisotopic (exact) mass is 251 g/mol. The van der Waals surface area contributed by atoms with Crippen LogP contribution in [0.25, 0.3) is 0 Å². The van der Waals surface area contributed by atoms with E-state index in [1.54, 1.807) is 12.1 Å². The van der Waals surface area contributed by atoms with Gasteiger partial charge in [0.2, 0.25) is 0 Å². The van der Waals surface area contributed by atoms with E-state index >= 15 is 0 Å². The first-order valence-electron chi connectivity index (χ1n) is 6.51. The normalized spacial score (nSPS) is 18.7. The van der Waals surface area contributed by atoms with E-state index in [1.165, 1.54) is 0 Å². The molecule has 1 aliphatic heterocycles. The minimum atomic E-state index is -0.104. The fourth-order valence-electron chi connectivity index (χ4n) is 2.58. The van der Waals surface area contributed by atoms with Crippen LogP contribution in [0.4, 0.5) is 10.1 Å². The Kier molecular flexibility index (Phi) is 4.19. The maximum absolute atomic E-state index is 14.1. The topological polar surface area (TPSA) is 18.5 Å². The molecule has 1 aliphatic rings. The van der Waals surface area contributed by atoms with Crippen molar-refractivity contribution in [2.75, 3.05) is 45.2 Å². The summed E-state index contributed by atoms with van der Waals surface area (Å²) in [5.74, 6) is -0.104. The van der Waals surface area contributed by atoms with Crippen LogP contribution in [-0.2, 0) is 0 Å². The Morgan fingerprint density at radius 2 is 1.94 bits per heavy atom. The molecule has 0 bridgehead atoms. The summed E-state index contributed by atoms with van der Waals surface area (Å²) >= 11 is 0. The molecule has 18 heavy (non-hydrogen) atoms. The summed E-state index contributed by atoms with van der Waals surface area (Å²) < 4.78 is 14.1. The fourth-order valence-corrected chi connectivity index (χ4v) is 2.58. The molecule has 1 aromatic carbocycles. The van der Waals surface area contributed by atoms with Crippen LogP contribution in [0.3, 0.4) is 0 Å². The van der Waals surface area contributed by atoms with Gasteiger partial charge in [-0.05, 0) is 19.1 Å². The first-order valence-corrected chi connectivity index (χ1v) is 6.51. The molecule has 0 saturated carbocycles. The Labute approximate surface area is 109 Å². The second-order valence-corrected chi connectivity index (χ2v) is 5.03. The van der Waals surface area contributed by atoms with Crippen LogP contribution in [-0.4, -0.2) is 45.2 Å². The molecular formula is C14H22FN3. The first-order chi connectivity index (χ1) is 8.61. The van der Waals surface area contributed by atoms with Gasteiger partial charge in [-0.2, -0.15) is 0 Å². The molecule has 1 saturated heterocycles. The van der Waals surface area contributed by atoms with Gasteiger partial charge in [0.25, 0.3) is 0 Å². The van der Waals surface area contributed by atoms with Gasteiger partial charge in [0.15, 0.2) is 0 Å². The van der Waals surface area contributed by atoms with Gasteiger partial charge in [-0.25, -0.2) is 4.39 Å². The number of nitrogens with zero attached hydrogens (tertiary/aromatic N) is 2. The molecule has 100 valence electrons. The van der Waals surface area contributed by atoms with E-state index in [9.17, 15) is 4.39 Å². The van der Waals surface area contributed by atoms with Crippen molar-refractivity contribution in [3.63, 3.8) is 0 Å². The van der Waals surface area contributed by atoms with Gasteiger partial charge in [0.1, 0.15) is 5.82 Å². The first kappa shape index (κ1) is 13.3. The van der Waals surface area contributed by atoms with E-state index in [1.807, 2.05) is 25.1 Å². The number of hydrogen-bond donors (Lipinski definition) is 1. The Morgan fingerprint density at radius 1 is 1.28 bits per heavy atom. The van der Waals surface area contributed by atoms with Gasteiger partial charge in [-0.1, -0.05) is 6.07 Å². The van der Waals surface area contributed by atoms with Crippen molar-refractivity contribution < 1.29 is 4.39 Å². The van der Waals surface area contributed by atoms with Crippen molar-refractivity contribution in [2.24, 2.45) is 0 Å². The minimum Gasteiger partial charge on any atom is -0.377 e. The van der Waals surface area contributed by atoms with E-state index in [4.69, 9.17) is 0 Å². The molecule has 1 aromatic rings. The van der Waals surface area contributed by atoms with Crippen LogP contribution in [0.15, 0.2) is 18.2 Å². The van der Waals surface area contributed by atoms with E-state index in [0.717, 1.165) is 37.4 Å². The van der Waals surface area contributed by atoms with Gasteiger partial charge >= 0.3 is 0 Å². The zero-order valence-corrected chi connectivity index (χ0v) is 11.4. The Hall–Kier alpha value is -1.13. The smallest absolute Gasteiger partial charge is 0.130 e. The predicted octanol–water partition coefficient (Wildman–Crippen LogP) is 1.86. The molecule has 0 amide bonds. The number of hydrogen-bond acceptors (Lipinski definition) is 3. The summed E-state index contributed by atoms with van der Waals surface area (Å²) in [6, 6.07) is 5.43. The lowest BCUT2D eigenvalue weighted by atomic mass is 10.0. The average Bonchev–Trinajstić information content (AvgIpc) is 2.38. The highest BCUT2D eigenvalue weighted by Crippen LogP contribution is 2.31. The Balaban J connectivity index is 2.30. The molecule has 1 fully saturated rings. The molecule has 1 N–H and O–H groups in total.